The Hall–Kier alpha value is -0.930. The maximum absolute atomic E-state index is 8.00. The van der Waals surface area contributed by atoms with E-state index in [2.05, 4.69) is 31.9 Å². The van der Waals surface area contributed by atoms with Crippen LogP contribution in [-0.4, -0.2) is 6.79 Å². The highest BCUT2D eigenvalue weighted by Crippen LogP contribution is 2.05. The molecule has 1 nitrogen and oxygen atoms in total. The highest BCUT2D eigenvalue weighted by Gasteiger charge is 1.75. The molecule has 84 valence electrons. The van der Waals surface area contributed by atoms with Gasteiger partial charge in [0.1, 0.15) is 6.79 Å². The number of carbonyl (C=O) groups excluding carboxylic acids is 1. The number of benzene rings is 2. The molecule has 0 fully saturated rings. The average molecular weight is 344 g/mol. The number of carbonyl (C=O) groups is 1. The zero-order chi connectivity index (χ0) is 12.2. The van der Waals surface area contributed by atoms with E-state index in [9.17, 15) is 0 Å². The van der Waals surface area contributed by atoms with E-state index >= 15 is 0 Å². The van der Waals surface area contributed by atoms with Crippen molar-refractivity contribution in [1.82, 2.24) is 0 Å². The minimum atomic E-state index is 1.13. The minimum Gasteiger partial charge on any atom is -0.307 e. The summed E-state index contributed by atoms with van der Waals surface area (Å²) in [5, 5.41) is 0. The van der Waals surface area contributed by atoms with Crippen molar-refractivity contribution in [2.45, 2.75) is 0 Å². The van der Waals surface area contributed by atoms with Crippen LogP contribution in [0.15, 0.2) is 69.6 Å². The van der Waals surface area contributed by atoms with E-state index in [1.54, 1.807) is 0 Å². The molecule has 0 atom stereocenters. The van der Waals surface area contributed by atoms with Crippen LogP contribution < -0.4 is 0 Å². The lowest BCUT2D eigenvalue weighted by molar-refractivity contribution is -0.0979. The van der Waals surface area contributed by atoms with Gasteiger partial charge in [-0.2, -0.15) is 0 Å². The summed E-state index contributed by atoms with van der Waals surface area (Å²) in [6, 6.07) is 19.9. The third kappa shape index (κ3) is 8.38. The molecule has 2 rings (SSSR count). The molecule has 0 saturated heterocycles. The molecule has 0 aliphatic rings. The van der Waals surface area contributed by atoms with E-state index < -0.39 is 0 Å². The number of rotatable bonds is 0. The summed E-state index contributed by atoms with van der Waals surface area (Å²) >= 11 is 6.62. The van der Waals surface area contributed by atoms with Crippen molar-refractivity contribution < 1.29 is 4.79 Å². The number of hydrogen-bond donors (Lipinski definition) is 0. The normalized spacial score (nSPS) is 7.88. The highest BCUT2D eigenvalue weighted by molar-refractivity contribution is 9.10. The third-order valence-corrected chi connectivity index (χ3v) is 2.52. The van der Waals surface area contributed by atoms with Gasteiger partial charge in [0.25, 0.3) is 0 Å². The van der Waals surface area contributed by atoms with E-state index in [1.165, 1.54) is 0 Å². The Balaban J connectivity index is 0.000000244. The summed E-state index contributed by atoms with van der Waals surface area (Å²) in [5.41, 5.74) is 0. The zero-order valence-electron chi connectivity index (χ0n) is 8.64. The van der Waals surface area contributed by atoms with Crippen molar-refractivity contribution >= 4 is 38.6 Å². The van der Waals surface area contributed by atoms with Crippen LogP contribution >= 0.6 is 31.9 Å². The van der Waals surface area contributed by atoms with E-state index in [1.807, 2.05) is 67.5 Å². The van der Waals surface area contributed by atoms with Gasteiger partial charge in [-0.25, -0.2) is 0 Å². The molecule has 2 aromatic carbocycles. The van der Waals surface area contributed by atoms with Gasteiger partial charge in [0, 0.05) is 8.95 Å². The predicted molar refractivity (Wildman–Crippen MR) is 75.4 cm³/mol. The summed E-state index contributed by atoms with van der Waals surface area (Å²) in [6.45, 7) is 2.00. The molecule has 0 bridgehead atoms. The molecule has 0 aliphatic carbocycles. The van der Waals surface area contributed by atoms with Gasteiger partial charge < -0.3 is 4.79 Å². The molecule has 0 unspecified atom stereocenters. The van der Waals surface area contributed by atoms with Gasteiger partial charge >= 0.3 is 0 Å². The molecule has 2 aromatic rings. The Morgan fingerprint density at radius 3 is 1.00 bits per heavy atom. The molecule has 0 N–H and O–H groups in total. The second kappa shape index (κ2) is 10.6. The first-order valence-corrected chi connectivity index (χ1v) is 6.07. The van der Waals surface area contributed by atoms with Crippen molar-refractivity contribution in [2.75, 3.05) is 0 Å². The molecule has 0 heterocycles. The lowest BCUT2D eigenvalue weighted by Crippen LogP contribution is -1.55. The van der Waals surface area contributed by atoms with Gasteiger partial charge in [0.05, 0.1) is 0 Å². The van der Waals surface area contributed by atoms with E-state index in [0.717, 1.165) is 8.95 Å². The van der Waals surface area contributed by atoms with Crippen LogP contribution in [0.2, 0.25) is 0 Å². The maximum atomic E-state index is 8.00. The Kier molecular flexibility index (Phi) is 9.97. The van der Waals surface area contributed by atoms with Crippen LogP contribution in [0.4, 0.5) is 0 Å². The Bertz CT molecular complexity index is 325. The van der Waals surface area contributed by atoms with Gasteiger partial charge in [-0.15, -0.1) is 0 Å². The fourth-order valence-corrected chi connectivity index (χ4v) is 1.44. The summed E-state index contributed by atoms with van der Waals surface area (Å²) in [6.07, 6.45) is 0. The largest absolute Gasteiger partial charge is 0.307 e. The monoisotopic (exact) mass is 342 g/mol. The SMILES string of the molecule is Brc1ccccc1.Brc1ccccc1.C=O. The van der Waals surface area contributed by atoms with E-state index in [4.69, 9.17) is 4.79 Å². The molecular formula is C13H12Br2O. The lowest BCUT2D eigenvalue weighted by atomic mass is 10.4. The topological polar surface area (TPSA) is 17.1 Å². The van der Waals surface area contributed by atoms with Gasteiger partial charge in [0.15, 0.2) is 0 Å². The average Bonchev–Trinajstić information content (AvgIpc) is 2.34. The van der Waals surface area contributed by atoms with Crippen molar-refractivity contribution in [3.05, 3.63) is 69.6 Å². The van der Waals surface area contributed by atoms with Crippen LogP contribution in [0, 0.1) is 0 Å². The van der Waals surface area contributed by atoms with Gasteiger partial charge in [-0.05, 0) is 24.3 Å². The summed E-state index contributed by atoms with van der Waals surface area (Å²) in [7, 11) is 0. The second-order valence-electron chi connectivity index (χ2n) is 2.59. The minimum absolute atomic E-state index is 1.13. The van der Waals surface area contributed by atoms with Crippen LogP contribution in [-0.2, 0) is 4.79 Å². The molecule has 0 radical (unpaired) electrons. The first-order valence-electron chi connectivity index (χ1n) is 4.49. The van der Waals surface area contributed by atoms with Crippen molar-refractivity contribution in [1.29, 1.82) is 0 Å². The fraction of sp³-hybridized carbons (Fsp3) is 0. The van der Waals surface area contributed by atoms with Crippen molar-refractivity contribution in [2.24, 2.45) is 0 Å². The molecule has 0 aromatic heterocycles. The van der Waals surface area contributed by atoms with Crippen LogP contribution in [0.1, 0.15) is 0 Å². The quantitative estimate of drug-likeness (QED) is 0.676. The summed E-state index contributed by atoms with van der Waals surface area (Å²) in [4.78, 5) is 8.00. The molecule has 0 aliphatic heterocycles. The predicted octanol–water partition coefficient (Wildman–Crippen LogP) is 4.71. The number of halogens is 2. The van der Waals surface area contributed by atoms with Crippen LogP contribution in [0.3, 0.4) is 0 Å². The summed E-state index contributed by atoms with van der Waals surface area (Å²) in [5.74, 6) is 0. The zero-order valence-corrected chi connectivity index (χ0v) is 11.8. The van der Waals surface area contributed by atoms with Gasteiger partial charge in [-0.1, -0.05) is 68.3 Å². The Morgan fingerprint density at radius 1 is 0.625 bits per heavy atom. The molecule has 0 saturated carbocycles. The lowest BCUT2D eigenvalue weighted by Gasteiger charge is -1.80. The van der Waals surface area contributed by atoms with Crippen LogP contribution in [0.25, 0.3) is 0 Å². The Morgan fingerprint density at radius 2 is 0.875 bits per heavy atom. The Labute approximate surface area is 113 Å². The molecule has 3 heteroatoms. The van der Waals surface area contributed by atoms with Gasteiger partial charge in [-0.3, -0.25) is 0 Å². The molecule has 0 spiro atoms. The van der Waals surface area contributed by atoms with E-state index in [-0.39, 0.29) is 0 Å². The van der Waals surface area contributed by atoms with Crippen molar-refractivity contribution in [3.63, 3.8) is 0 Å². The molecule has 16 heavy (non-hydrogen) atoms. The van der Waals surface area contributed by atoms with E-state index in [0.29, 0.717) is 0 Å². The van der Waals surface area contributed by atoms with Crippen LogP contribution in [0.5, 0.6) is 0 Å². The molecular weight excluding hydrogens is 332 g/mol. The fourth-order valence-electron chi connectivity index (χ4n) is 0.829. The van der Waals surface area contributed by atoms with Gasteiger partial charge in [0.2, 0.25) is 0 Å². The molecule has 0 amide bonds. The first-order chi connectivity index (χ1) is 7.79. The highest BCUT2D eigenvalue weighted by atomic mass is 79.9. The first kappa shape index (κ1) is 15.1. The van der Waals surface area contributed by atoms with Crippen molar-refractivity contribution in [3.8, 4) is 0 Å². The summed E-state index contributed by atoms with van der Waals surface area (Å²) < 4.78 is 2.27. The smallest absolute Gasteiger partial charge is 0.106 e. The number of hydrogen-bond acceptors (Lipinski definition) is 1. The second-order valence-corrected chi connectivity index (χ2v) is 4.42. The standard InChI is InChI=1S/2C6H5Br.CH2O/c2*7-6-4-2-1-3-5-6;1-2/h2*1-5H;1H2. The third-order valence-electron chi connectivity index (χ3n) is 1.47. The maximum Gasteiger partial charge on any atom is 0.106 e.